The zero-order valence-corrected chi connectivity index (χ0v) is 21.3. The van der Waals surface area contributed by atoms with E-state index in [4.69, 9.17) is 19.2 Å². The molecule has 0 saturated carbocycles. The molecule has 2 aromatic carbocycles. The summed E-state index contributed by atoms with van der Waals surface area (Å²) in [6.45, 7) is 2.81. The average molecular weight is 508 g/mol. The van der Waals surface area contributed by atoms with Crippen LogP contribution < -0.4 is 10.1 Å². The van der Waals surface area contributed by atoms with Crippen molar-refractivity contribution in [1.82, 2.24) is 10.2 Å². The molecule has 2 aliphatic heterocycles. The van der Waals surface area contributed by atoms with Gasteiger partial charge in [0.1, 0.15) is 11.5 Å². The zero-order chi connectivity index (χ0) is 25.5. The summed E-state index contributed by atoms with van der Waals surface area (Å²) >= 11 is 1.44. The summed E-state index contributed by atoms with van der Waals surface area (Å²) in [5, 5.41) is 5.50. The molecular weight excluding hydrogens is 478 g/mol. The number of esters is 1. The highest BCUT2D eigenvalue weighted by atomic mass is 32.2. The Hall–Kier alpha value is -3.56. The fourth-order valence-electron chi connectivity index (χ4n) is 4.12. The Bertz CT molecular complexity index is 1210. The smallest absolute Gasteiger partial charge is 0.338 e. The lowest BCUT2D eigenvalue weighted by Crippen LogP contribution is -2.38. The van der Waals surface area contributed by atoms with Crippen molar-refractivity contribution < 1.29 is 23.8 Å². The van der Waals surface area contributed by atoms with E-state index in [-0.39, 0.29) is 12.3 Å². The maximum absolute atomic E-state index is 13.1. The van der Waals surface area contributed by atoms with Gasteiger partial charge in [0.05, 0.1) is 37.4 Å². The van der Waals surface area contributed by atoms with Crippen LogP contribution >= 0.6 is 11.8 Å². The van der Waals surface area contributed by atoms with Crippen molar-refractivity contribution in [3.63, 3.8) is 0 Å². The molecule has 0 aromatic heterocycles. The Morgan fingerprint density at radius 2 is 1.86 bits per heavy atom. The van der Waals surface area contributed by atoms with Crippen LogP contribution in [0.25, 0.3) is 0 Å². The number of nitrogens with one attached hydrogen (secondary N) is 1. The van der Waals surface area contributed by atoms with E-state index in [0.717, 1.165) is 16.4 Å². The second-order valence-corrected chi connectivity index (χ2v) is 8.94. The van der Waals surface area contributed by atoms with Crippen LogP contribution in [0.2, 0.25) is 0 Å². The maximum atomic E-state index is 13.1. The van der Waals surface area contributed by atoms with E-state index in [2.05, 4.69) is 5.32 Å². The van der Waals surface area contributed by atoms with Crippen molar-refractivity contribution in [3.8, 4) is 11.5 Å². The summed E-state index contributed by atoms with van der Waals surface area (Å²) in [7, 11) is 2.96. The molecule has 0 saturated heterocycles. The predicted molar refractivity (Wildman–Crippen MR) is 139 cm³/mol. The number of amidine groups is 1. The van der Waals surface area contributed by atoms with Gasteiger partial charge in [-0.1, -0.05) is 49.0 Å². The highest BCUT2D eigenvalue weighted by Crippen LogP contribution is 2.46. The minimum absolute atomic E-state index is 0.134. The van der Waals surface area contributed by atoms with Gasteiger partial charge in [0.15, 0.2) is 5.17 Å². The topological polar surface area (TPSA) is 89.5 Å². The lowest BCUT2D eigenvalue weighted by Gasteiger charge is -2.36. The van der Waals surface area contributed by atoms with E-state index >= 15 is 0 Å². The molecule has 1 N–H and O–H groups in total. The number of hydrogen-bond donors (Lipinski definition) is 1. The van der Waals surface area contributed by atoms with Crippen molar-refractivity contribution in [1.29, 1.82) is 0 Å². The number of hydrogen-bond acceptors (Lipinski definition) is 8. The normalized spacial score (nSPS) is 16.8. The molecule has 8 nitrogen and oxygen atoms in total. The van der Waals surface area contributed by atoms with Gasteiger partial charge in [-0.2, -0.15) is 0 Å². The van der Waals surface area contributed by atoms with Gasteiger partial charge >= 0.3 is 5.97 Å². The highest BCUT2D eigenvalue weighted by molar-refractivity contribution is 8.16. The summed E-state index contributed by atoms with van der Waals surface area (Å²) < 4.78 is 16.3. The standard InChI is InChI=1S/C27H29N3O5S/c1-4-22-24(26(32)34-3)25(18-9-8-12-21(15-18)35-20-10-6-5-7-11-20)30-19(17-36-27(30)29-22)16-23(31)28-13-14-33-2/h5-12,15,17,25H,4,13-14,16H2,1-3H3,(H,28,31)/t25-/m1/s1. The first kappa shape index (κ1) is 25.5. The highest BCUT2D eigenvalue weighted by Gasteiger charge is 2.41. The van der Waals surface area contributed by atoms with Crippen LogP contribution in [0, 0.1) is 0 Å². The monoisotopic (exact) mass is 507 g/mol. The van der Waals surface area contributed by atoms with Crippen LogP contribution in [-0.2, 0) is 19.1 Å². The molecule has 0 unspecified atom stereocenters. The molecule has 2 heterocycles. The Balaban J connectivity index is 1.71. The van der Waals surface area contributed by atoms with Gasteiger partial charge in [0, 0.05) is 19.4 Å². The van der Waals surface area contributed by atoms with Gasteiger partial charge in [0.2, 0.25) is 5.91 Å². The Morgan fingerprint density at radius 3 is 2.58 bits per heavy atom. The number of thioether (sulfide) groups is 1. The molecule has 0 aliphatic carbocycles. The summed E-state index contributed by atoms with van der Waals surface area (Å²) in [5.74, 6) is 0.767. The molecule has 0 fully saturated rings. The first-order valence-electron chi connectivity index (χ1n) is 11.7. The van der Waals surface area contributed by atoms with Crippen molar-refractivity contribution >= 4 is 28.8 Å². The summed E-state index contributed by atoms with van der Waals surface area (Å²) in [5.41, 5.74) is 2.70. The molecule has 4 rings (SSSR count). The summed E-state index contributed by atoms with van der Waals surface area (Å²) in [4.78, 5) is 32.4. The molecule has 0 bridgehead atoms. The molecule has 9 heteroatoms. The number of amides is 1. The molecule has 1 amide bonds. The molecule has 1 atom stereocenters. The second-order valence-electron chi connectivity index (χ2n) is 8.11. The number of para-hydroxylation sites is 1. The largest absolute Gasteiger partial charge is 0.466 e. The minimum atomic E-state index is -0.521. The van der Waals surface area contributed by atoms with E-state index in [0.29, 0.717) is 42.3 Å². The Morgan fingerprint density at radius 1 is 1.08 bits per heavy atom. The lowest BCUT2D eigenvalue weighted by atomic mass is 9.92. The fourth-order valence-corrected chi connectivity index (χ4v) is 5.06. The number of carbonyl (C=O) groups is 2. The summed E-state index contributed by atoms with van der Waals surface area (Å²) in [6, 6.07) is 16.6. The molecule has 2 aromatic rings. The average Bonchev–Trinajstić information content (AvgIpc) is 3.30. The zero-order valence-electron chi connectivity index (χ0n) is 20.5. The van der Waals surface area contributed by atoms with Crippen LogP contribution in [0.1, 0.15) is 31.4 Å². The van der Waals surface area contributed by atoms with Gasteiger partial charge in [-0.15, -0.1) is 0 Å². The first-order chi connectivity index (χ1) is 17.5. The minimum Gasteiger partial charge on any atom is -0.466 e. The molecule has 0 radical (unpaired) electrons. The van der Waals surface area contributed by atoms with Crippen LogP contribution in [0.3, 0.4) is 0 Å². The van der Waals surface area contributed by atoms with E-state index in [1.54, 1.807) is 7.11 Å². The third-order valence-corrected chi connectivity index (χ3v) is 6.64. The van der Waals surface area contributed by atoms with Crippen molar-refractivity contribution in [2.45, 2.75) is 25.8 Å². The van der Waals surface area contributed by atoms with Crippen LogP contribution in [0.4, 0.5) is 0 Å². The Kier molecular flexibility index (Phi) is 8.45. The summed E-state index contributed by atoms with van der Waals surface area (Å²) in [6.07, 6.45) is 0.703. The van der Waals surface area contributed by atoms with Crippen LogP contribution in [-0.4, -0.2) is 49.3 Å². The maximum Gasteiger partial charge on any atom is 0.338 e. The predicted octanol–water partition coefficient (Wildman–Crippen LogP) is 4.77. The number of fused-ring (bicyclic) bond motifs is 1. The van der Waals surface area contributed by atoms with Crippen molar-refractivity contribution in [3.05, 3.63) is 82.5 Å². The van der Waals surface area contributed by atoms with Crippen molar-refractivity contribution in [2.24, 2.45) is 4.99 Å². The van der Waals surface area contributed by atoms with Crippen molar-refractivity contribution in [2.75, 3.05) is 27.4 Å². The van der Waals surface area contributed by atoms with Gasteiger partial charge in [-0.3, -0.25) is 4.79 Å². The van der Waals surface area contributed by atoms with Crippen LogP contribution in [0.5, 0.6) is 11.5 Å². The van der Waals surface area contributed by atoms with Crippen LogP contribution in [0.15, 0.2) is 82.0 Å². The molecule has 188 valence electrons. The molecule has 0 spiro atoms. The third-order valence-electron chi connectivity index (χ3n) is 5.75. The number of ether oxygens (including phenoxy) is 3. The van der Waals surface area contributed by atoms with Gasteiger partial charge in [-0.25, -0.2) is 9.79 Å². The number of methoxy groups -OCH3 is 2. The number of carbonyl (C=O) groups excluding carboxylic acids is 2. The van der Waals surface area contributed by atoms with E-state index in [1.165, 1.54) is 18.9 Å². The number of aliphatic imine (C=N–C) groups is 1. The lowest BCUT2D eigenvalue weighted by molar-refractivity contribution is -0.136. The fraction of sp³-hybridized carbons (Fsp3) is 0.296. The van der Waals surface area contributed by atoms with E-state index in [1.807, 2.05) is 71.8 Å². The third kappa shape index (κ3) is 5.63. The number of allylic oxidation sites excluding steroid dienone is 1. The quantitative estimate of drug-likeness (QED) is 0.366. The first-order valence-corrected chi connectivity index (χ1v) is 12.6. The number of benzene rings is 2. The van der Waals surface area contributed by atoms with E-state index in [9.17, 15) is 9.59 Å². The van der Waals surface area contributed by atoms with Gasteiger partial charge in [0.25, 0.3) is 0 Å². The van der Waals surface area contributed by atoms with Gasteiger partial charge < -0.3 is 24.4 Å². The molecular formula is C27H29N3O5S. The van der Waals surface area contributed by atoms with E-state index < -0.39 is 12.0 Å². The molecule has 2 aliphatic rings. The van der Waals surface area contributed by atoms with Gasteiger partial charge in [-0.05, 0) is 41.7 Å². The molecule has 36 heavy (non-hydrogen) atoms. The second kappa shape index (κ2) is 11.9. The Labute approximate surface area is 215 Å². The number of nitrogens with zero attached hydrogens (tertiary/aromatic N) is 2. The SMILES string of the molecule is CCC1=C(C(=O)OC)[C@@H](c2cccc(Oc3ccccc3)c2)N2C(CC(=O)NCCOC)=CSC2=N1. The number of rotatable bonds is 10.